The van der Waals surface area contributed by atoms with Crippen molar-refractivity contribution >= 4 is 0 Å². The summed E-state index contributed by atoms with van der Waals surface area (Å²) in [5.41, 5.74) is 4.46. The molecule has 1 aromatic heterocycles. The van der Waals surface area contributed by atoms with Crippen molar-refractivity contribution in [3.8, 4) is 5.75 Å². The van der Waals surface area contributed by atoms with E-state index in [2.05, 4.69) is 48.5 Å². The Labute approximate surface area is 127 Å². The monoisotopic (exact) mass is 287 g/mol. The van der Waals surface area contributed by atoms with Gasteiger partial charge in [-0.3, -0.25) is 4.68 Å². The van der Waals surface area contributed by atoms with Gasteiger partial charge >= 0.3 is 0 Å². The standard InChI is InChI=1S/C17H25N3O/c1-12(2)18-10-15-7-6-8-16(9-15)11-21-17-13(3)19-20(5)14(17)4/h6-9,12,18H,10-11H2,1-5H3. The number of hydrogen-bond donors (Lipinski definition) is 1. The first-order valence-corrected chi connectivity index (χ1v) is 7.41. The molecule has 114 valence electrons. The summed E-state index contributed by atoms with van der Waals surface area (Å²) in [5.74, 6) is 0.892. The minimum atomic E-state index is 0.491. The van der Waals surface area contributed by atoms with Crippen molar-refractivity contribution in [3.63, 3.8) is 0 Å². The van der Waals surface area contributed by atoms with E-state index >= 15 is 0 Å². The summed E-state index contributed by atoms with van der Waals surface area (Å²) in [5, 5.41) is 7.80. The van der Waals surface area contributed by atoms with Gasteiger partial charge < -0.3 is 10.1 Å². The maximum Gasteiger partial charge on any atom is 0.163 e. The predicted octanol–water partition coefficient (Wildman–Crippen LogP) is 3.11. The zero-order chi connectivity index (χ0) is 15.4. The van der Waals surface area contributed by atoms with Gasteiger partial charge in [-0.1, -0.05) is 38.1 Å². The third kappa shape index (κ3) is 4.08. The summed E-state index contributed by atoms with van der Waals surface area (Å²) in [6.45, 7) is 9.77. The lowest BCUT2D eigenvalue weighted by atomic mass is 10.1. The van der Waals surface area contributed by atoms with Crippen LogP contribution in [0.5, 0.6) is 5.75 Å². The van der Waals surface area contributed by atoms with Gasteiger partial charge in [-0.25, -0.2) is 0 Å². The molecule has 0 unspecified atom stereocenters. The fourth-order valence-corrected chi connectivity index (χ4v) is 2.27. The molecule has 0 radical (unpaired) electrons. The normalized spacial score (nSPS) is 11.1. The van der Waals surface area contributed by atoms with Gasteiger partial charge in [0.15, 0.2) is 5.75 Å². The highest BCUT2D eigenvalue weighted by molar-refractivity contribution is 5.32. The van der Waals surface area contributed by atoms with E-state index in [0.717, 1.165) is 23.7 Å². The van der Waals surface area contributed by atoms with Gasteiger partial charge in [0.25, 0.3) is 0 Å². The fourth-order valence-electron chi connectivity index (χ4n) is 2.27. The minimum absolute atomic E-state index is 0.491. The molecule has 2 rings (SSSR count). The lowest BCUT2D eigenvalue weighted by molar-refractivity contribution is 0.301. The molecule has 21 heavy (non-hydrogen) atoms. The Morgan fingerprint density at radius 3 is 2.57 bits per heavy atom. The Hall–Kier alpha value is -1.81. The molecule has 0 saturated carbocycles. The van der Waals surface area contributed by atoms with Crippen LogP contribution in [0.15, 0.2) is 24.3 Å². The first-order valence-electron chi connectivity index (χ1n) is 7.41. The highest BCUT2D eigenvalue weighted by Gasteiger charge is 2.10. The maximum atomic E-state index is 5.95. The molecule has 4 heteroatoms. The van der Waals surface area contributed by atoms with Crippen LogP contribution in [0, 0.1) is 13.8 Å². The molecule has 0 fully saturated rings. The van der Waals surface area contributed by atoms with Gasteiger partial charge in [-0.15, -0.1) is 0 Å². The summed E-state index contributed by atoms with van der Waals surface area (Å²) in [6, 6.07) is 9.00. The zero-order valence-electron chi connectivity index (χ0n) is 13.6. The minimum Gasteiger partial charge on any atom is -0.485 e. The summed E-state index contributed by atoms with van der Waals surface area (Å²) in [7, 11) is 1.94. The number of ether oxygens (including phenoxy) is 1. The molecular weight excluding hydrogens is 262 g/mol. The number of rotatable bonds is 6. The highest BCUT2D eigenvalue weighted by atomic mass is 16.5. The third-order valence-electron chi connectivity index (χ3n) is 3.53. The number of nitrogens with zero attached hydrogens (tertiary/aromatic N) is 2. The molecule has 1 heterocycles. The SMILES string of the molecule is Cc1nn(C)c(C)c1OCc1cccc(CNC(C)C)c1. The van der Waals surface area contributed by atoms with E-state index in [4.69, 9.17) is 4.74 Å². The average Bonchev–Trinajstić information content (AvgIpc) is 2.68. The maximum absolute atomic E-state index is 5.95. The Bertz CT molecular complexity index is 602. The van der Waals surface area contributed by atoms with E-state index < -0.39 is 0 Å². The van der Waals surface area contributed by atoms with Gasteiger partial charge in [0.2, 0.25) is 0 Å². The summed E-state index contributed by atoms with van der Waals surface area (Å²) < 4.78 is 7.81. The number of benzene rings is 1. The van der Waals surface area contributed by atoms with Crippen molar-refractivity contribution < 1.29 is 4.74 Å². The van der Waals surface area contributed by atoms with E-state index in [-0.39, 0.29) is 0 Å². The van der Waals surface area contributed by atoms with Crippen molar-refractivity contribution in [2.45, 2.75) is 46.9 Å². The van der Waals surface area contributed by atoms with E-state index in [1.807, 2.05) is 25.6 Å². The van der Waals surface area contributed by atoms with Crippen LogP contribution in [-0.2, 0) is 20.2 Å². The van der Waals surface area contributed by atoms with E-state index in [1.54, 1.807) is 0 Å². The van der Waals surface area contributed by atoms with Gasteiger partial charge in [-0.05, 0) is 25.0 Å². The Morgan fingerprint density at radius 2 is 1.95 bits per heavy atom. The molecule has 0 spiro atoms. The largest absolute Gasteiger partial charge is 0.485 e. The van der Waals surface area contributed by atoms with Crippen LogP contribution in [0.25, 0.3) is 0 Å². The summed E-state index contributed by atoms with van der Waals surface area (Å²) in [4.78, 5) is 0. The van der Waals surface area contributed by atoms with Crippen LogP contribution in [0.4, 0.5) is 0 Å². The van der Waals surface area contributed by atoms with Gasteiger partial charge in [0.1, 0.15) is 12.3 Å². The van der Waals surface area contributed by atoms with Gasteiger partial charge in [0.05, 0.1) is 5.69 Å². The lowest BCUT2D eigenvalue weighted by Crippen LogP contribution is -2.21. The molecular formula is C17H25N3O. The van der Waals surface area contributed by atoms with Crippen molar-refractivity contribution in [2.75, 3.05) is 0 Å². The van der Waals surface area contributed by atoms with Crippen LogP contribution in [-0.4, -0.2) is 15.8 Å². The van der Waals surface area contributed by atoms with E-state index in [9.17, 15) is 0 Å². The molecule has 1 N–H and O–H groups in total. The van der Waals surface area contributed by atoms with Gasteiger partial charge in [0, 0.05) is 19.6 Å². The number of nitrogens with one attached hydrogen (secondary N) is 1. The third-order valence-corrected chi connectivity index (χ3v) is 3.53. The number of hydrogen-bond acceptors (Lipinski definition) is 3. The lowest BCUT2D eigenvalue weighted by Gasteiger charge is -2.10. The second kappa shape index (κ2) is 6.76. The quantitative estimate of drug-likeness (QED) is 0.887. The van der Waals surface area contributed by atoms with Crippen molar-refractivity contribution in [1.82, 2.24) is 15.1 Å². The second-order valence-electron chi connectivity index (χ2n) is 5.77. The molecule has 0 aliphatic heterocycles. The van der Waals surface area contributed by atoms with Crippen molar-refractivity contribution in [2.24, 2.45) is 7.05 Å². The molecule has 0 atom stereocenters. The Morgan fingerprint density at radius 1 is 1.24 bits per heavy atom. The topological polar surface area (TPSA) is 39.1 Å². The zero-order valence-corrected chi connectivity index (χ0v) is 13.6. The van der Waals surface area contributed by atoms with E-state index in [1.165, 1.54) is 11.1 Å². The van der Waals surface area contributed by atoms with Crippen molar-refractivity contribution in [1.29, 1.82) is 0 Å². The number of aryl methyl sites for hydroxylation is 2. The number of aromatic nitrogens is 2. The Balaban J connectivity index is 2.01. The first-order chi connectivity index (χ1) is 9.97. The fraction of sp³-hybridized carbons (Fsp3) is 0.471. The van der Waals surface area contributed by atoms with Crippen LogP contribution in [0.1, 0.15) is 36.4 Å². The molecule has 0 aliphatic carbocycles. The molecule has 0 saturated heterocycles. The molecule has 1 aromatic carbocycles. The predicted molar refractivity (Wildman–Crippen MR) is 85.4 cm³/mol. The summed E-state index contributed by atoms with van der Waals surface area (Å²) >= 11 is 0. The van der Waals surface area contributed by atoms with E-state index in [0.29, 0.717) is 12.6 Å². The van der Waals surface area contributed by atoms with Crippen LogP contribution < -0.4 is 10.1 Å². The molecule has 0 bridgehead atoms. The smallest absolute Gasteiger partial charge is 0.163 e. The molecule has 4 nitrogen and oxygen atoms in total. The van der Waals surface area contributed by atoms with Crippen LogP contribution in [0.2, 0.25) is 0 Å². The molecule has 0 amide bonds. The van der Waals surface area contributed by atoms with Crippen LogP contribution in [0.3, 0.4) is 0 Å². The first kappa shape index (κ1) is 15.6. The van der Waals surface area contributed by atoms with Crippen molar-refractivity contribution in [3.05, 3.63) is 46.8 Å². The molecule has 0 aliphatic rings. The Kier molecular flexibility index (Phi) is 5.02. The van der Waals surface area contributed by atoms with Gasteiger partial charge in [-0.2, -0.15) is 5.10 Å². The van der Waals surface area contributed by atoms with Crippen LogP contribution >= 0.6 is 0 Å². The molecule has 2 aromatic rings. The second-order valence-corrected chi connectivity index (χ2v) is 5.77. The highest BCUT2D eigenvalue weighted by Crippen LogP contribution is 2.22. The summed E-state index contributed by atoms with van der Waals surface area (Å²) in [6.07, 6.45) is 0. The average molecular weight is 287 g/mol.